The van der Waals surface area contributed by atoms with Crippen LogP contribution in [-0.2, 0) is 23.9 Å². The summed E-state index contributed by atoms with van der Waals surface area (Å²) in [7, 11) is 0. The molecule has 1 aromatic rings. The van der Waals surface area contributed by atoms with Crippen LogP contribution < -0.4 is 15.8 Å². The summed E-state index contributed by atoms with van der Waals surface area (Å²) in [5.41, 5.74) is 1.73. The van der Waals surface area contributed by atoms with Crippen LogP contribution in [0.2, 0.25) is 0 Å². The van der Waals surface area contributed by atoms with Crippen molar-refractivity contribution in [3.63, 3.8) is 0 Å². The number of nitrogens with one attached hydrogen (secondary N) is 2. The summed E-state index contributed by atoms with van der Waals surface area (Å²) in [6.45, 7) is 1.38. The van der Waals surface area contributed by atoms with E-state index in [9.17, 15) is 24.0 Å². The van der Waals surface area contributed by atoms with Gasteiger partial charge in [-0.3, -0.25) is 19.8 Å². The molecule has 1 aromatic carbocycles. The van der Waals surface area contributed by atoms with E-state index in [1.807, 2.05) is 0 Å². The topological polar surface area (TPSA) is 137 Å². The summed E-state index contributed by atoms with van der Waals surface area (Å²) in [5, 5.41) is 8.54. The van der Waals surface area contributed by atoms with E-state index in [0.29, 0.717) is 29.5 Å². The first kappa shape index (κ1) is 22.4. The van der Waals surface area contributed by atoms with Gasteiger partial charge < -0.3 is 10.1 Å². The molecule has 33 heavy (non-hydrogen) atoms. The summed E-state index contributed by atoms with van der Waals surface area (Å²) in [4.78, 5) is 61.9. The Morgan fingerprint density at radius 1 is 1.15 bits per heavy atom. The molecule has 0 radical (unpaired) electrons. The number of para-hydroxylation sites is 1. The molecule has 1 saturated carbocycles. The van der Waals surface area contributed by atoms with Gasteiger partial charge in [-0.1, -0.05) is 25.1 Å². The molecule has 1 saturated heterocycles. The number of hydrogen-bond donors (Lipinski definition) is 2. The van der Waals surface area contributed by atoms with Gasteiger partial charge in [0.15, 0.2) is 6.61 Å². The number of esters is 1. The Morgan fingerprint density at radius 2 is 1.85 bits per heavy atom. The zero-order valence-corrected chi connectivity index (χ0v) is 18.2. The van der Waals surface area contributed by atoms with Crippen molar-refractivity contribution in [3.8, 4) is 0 Å². The van der Waals surface area contributed by atoms with Crippen molar-refractivity contribution < 1.29 is 28.7 Å². The molecule has 4 rings (SSSR count). The third kappa shape index (κ3) is 4.57. The molecule has 5 amide bonds. The molecule has 2 N–H and O–H groups in total. The van der Waals surface area contributed by atoms with Gasteiger partial charge in [-0.2, -0.15) is 10.1 Å². The van der Waals surface area contributed by atoms with Crippen molar-refractivity contribution in [2.24, 2.45) is 11.0 Å². The predicted molar refractivity (Wildman–Crippen MR) is 115 cm³/mol. The second-order valence-electron chi connectivity index (χ2n) is 8.53. The monoisotopic (exact) mass is 455 g/mol. The molecule has 1 spiro atoms. The molecule has 2 heterocycles. The Labute approximate surface area is 190 Å². The minimum absolute atomic E-state index is 0.00322. The molecular weight excluding hydrogens is 430 g/mol. The maximum atomic E-state index is 12.8. The minimum atomic E-state index is -0.988. The fourth-order valence-corrected chi connectivity index (χ4v) is 4.16. The normalized spacial score (nSPS) is 25.1. The summed E-state index contributed by atoms with van der Waals surface area (Å²) in [5.74, 6) is -1.99. The van der Waals surface area contributed by atoms with Gasteiger partial charge >= 0.3 is 12.0 Å². The Bertz CT molecular complexity index is 1020. The SMILES string of the molecule is CC1CCC2(CC1)NC(=O)N(NC(=O)COC(=O)C1=NN(c3ccccc3)C(=O)CC1)C2=O. The van der Waals surface area contributed by atoms with Crippen LogP contribution in [0.5, 0.6) is 0 Å². The molecule has 1 aliphatic carbocycles. The largest absolute Gasteiger partial charge is 0.451 e. The third-order valence-corrected chi connectivity index (χ3v) is 6.13. The van der Waals surface area contributed by atoms with Crippen LogP contribution in [0.1, 0.15) is 45.4 Å². The summed E-state index contributed by atoms with van der Waals surface area (Å²) in [6, 6.07) is 7.92. The average Bonchev–Trinajstić information content (AvgIpc) is 3.04. The van der Waals surface area contributed by atoms with E-state index in [-0.39, 0.29) is 24.5 Å². The maximum absolute atomic E-state index is 12.8. The minimum Gasteiger partial charge on any atom is -0.451 e. The van der Waals surface area contributed by atoms with E-state index in [4.69, 9.17) is 4.74 Å². The van der Waals surface area contributed by atoms with Crippen LogP contribution >= 0.6 is 0 Å². The van der Waals surface area contributed by atoms with Gasteiger partial charge in [0.05, 0.1) is 5.69 Å². The van der Waals surface area contributed by atoms with E-state index in [0.717, 1.165) is 17.9 Å². The molecule has 0 atom stereocenters. The molecule has 0 unspecified atom stereocenters. The fourth-order valence-electron chi connectivity index (χ4n) is 4.16. The second kappa shape index (κ2) is 9.00. The Kier molecular flexibility index (Phi) is 6.12. The molecule has 11 nitrogen and oxygen atoms in total. The first-order valence-electron chi connectivity index (χ1n) is 10.9. The number of benzene rings is 1. The first-order chi connectivity index (χ1) is 15.8. The number of carbonyl (C=O) groups excluding carboxylic acids is 5. The van der Waals surface area contributed by atoms with Crippen molar-refractivity contribution in [1.82, 2.24) is 15.8 Å². The summed E-state index contributed by atoms with van der Waals surface area (Å²) in [6.07, 6.45) is 2.77. The molecule has 174 valence electrons. The highest BCUT2D eigenvalue weighted by Crippen LogP contribution is 2.35. The van der Waals surface area contributed by atoms with Gasteiger partial charge in [0.2, 0.25) is 5.91 Å². The first-order valence-corrected chi connectivity index (χ1v) is 10.9. The number of ether oxygens (including phenoxy) is 1. The number of hydrazone groups is 1. The van der Waals surface area contributed by atoms with Crippen LogP contribution in [0.3, 0.4) is 0 Å². The third-order valence-electron chi connectivity index (χ3n) is 6.13. The van der Waals surface area contributed by atoms with Gasteiger partial charge in [-0.15, -0.1) is 0 Å². The Morgan fingerprint density at radius 3 is 2.55 bits per heavy atom. The number of rotatable bonds is 5. The molecule has 2 fully saturated rings. The predicted octanol–water partition coefficient (Wildman–Crippen LogP) is 1.24. The number of urea groups is 1. The smallest absolute Gasteiger partial charge is 0.355 e. The summed E-state index contributed by atoms with van der Waals surface area (Å²) < 4.78 is 5.01. The van der Waals surface area contributed by atoms with Crippen LogP contribution in [0, 0.1) is 5.92 Å². The number of amides is 5. The lowest BCUT2D eigenvalue weighted by molar-refractivity contribution is -0.146. The van der Waals surface area contributed by atoms with E-state index in [2.05, 4.69) is 22.8 Å². The number of carbonyl (C=O) groups is 5. The molecule has 2 aliphatic heterocycles. The molecule has 0 bridgehead atoms. The van der Waals surface area contributed by atoms with E-state index >= 15 is 0 Å². The standard InChI is InChI=1S/C22H25N5O6/c1-14-9-11-22(12-10-14)20(31)27(21(32)23-22)25-17(28)13-33-19(30)16-7-8-18(29)26(24-16)15-5-3-2-4-6-15/h2-6,14H,7-13H2,1H3,(H,23,32)(H,25,28). The van der Waals surface area contributed by atoms with Crippen LogP contribution in [-0.4, -0.2) is 52.6 Å². The van der Waals surface area contributed by atoms with Crippen molar-refractivity contribution >= 4 is 41.1 Å². The lowest BCUT2D eigenvalue weighted by Gasteiger charge is -2.33. The van der Waals surface area contributed by atoms with Gasteiger partial charge in [0.25, 0.3) is 11.8 Å². The van der Waals surface area contributed by atoms with Crippen LogP contribution in [0.25, 0.3) is 0 Å². The van der Waals surface area contributed by atoms with E-state index < -0.39 is 36.0 Å². The van der Waals surface area contributed by atoms with Crippen molar-refractivity contribution in [2.45, 2.75) is 51.0 Å². The molecule has 3 aliphatic rings. The quantitative estimate of drug-likeness (QED) is 0.506. The van der Waals surface area contributed by atoms with Gasteiger partial charge in [0, 0.05) is 12.8 Å². The van der Waals surface area contributed by atoms with Crippen LogP contribution in [0.4, 0.5) is 10.5 Å². The Balaban J connectivity index is 1.33. The van der Waals surface area contributed by atoms with Crippen molar-refractivity contribution in [2.75, 3.05) is 11.6 Å². The molecule has 11 heteroatoms. The average molecular weight is 455 g/mol. The number of nitrogens with zero attached hydrogens (tertiary/aromatic N) is 3. The number of hydrazine groups is 1. The zero-order chi connectivity index (χ0) is 23.6. The van der Waals surface area contributed by atoms with Crippen molar-refractivity contribution in [1.29, 1.82) is 0 Å². The van der Waals surface area contributed by atoms with Gasteiger partial charge in [-0.25, -0.2) is 14.6 Å². The lowest BCUT2D eigenvalue weighted by Crippen LogP contribution is -2.52. The highest BCUT2D eigenvalue weighted by molar-refractivity contribution is 6.38. The fraction of sp³-hybridized carbons (Fsp3) is 0.455. The van der Waals surface area contributed by atoms with Gasteiger partial charge in [0.1, 0.15) is 11.3 Å². The van der Waals surface area contributed by atoms with Gasteiger partial charge in [-0.05, 0) is 43.7 Å². The zero-order valence-electron chi connectivity index (χ0n) is 18.2. The Hall–Kier alpha value is -3.76. The van der Waals surface area contributed by atoms with Crippen molar-refractivity contribution in [3.05, 3.63) is 30.3 Å². The molecule has 0 aromatic heterocycles. The second-order valence-corrected chi connectivity index (χ2v) is 8.53. The number of imide groups is 1. The van der Waals surface area contributed by atoms with E-state index in [1.54, 1.807) is 30.3 Å². The highest BCUT2D eigenvalue weighted by Gasteiger charge is 2.52. The van der Waals surface area contributed by atoms with Crippen LogP contribution in [0.15, 0.2) is 35.4 Å². The lowest BCUT2D eigenvalue weighted by atomic mass is 9.77. The number of hydrogen-bond acceptors (Lipinski definition) is 7. The molecular formula is C22H25N5O6. The van der Waals surface area contributed by atoms with E-state index in [1.165, 1.54) is 0 Å². The maximum Gasteiger partial charge on any atom is 0.355 e. The summed E-state index contributed by atoms with van der Waals surface area (Å²) >= 11 is 0. The number of anilines is 1. The highest BCUT2D eigenvalue weighted by atomic mass is 16.5.